The second kappa shape index (κ2) is 8.23. The summed E-state index contributed by atoms with van der Waals surface area (Å²) in [5.41, 5.74) is 2.81. The summed E-state index contributed by atoms with van der Waals surface area (Å²) < 4.78 is 2.24. The summed E-state index contributed by atoms with van der Waals surface area (Å²) >= 11 is 1.50. The molecule has 0 bridgehead atoms. The van der Waals surface area contributed by atoms with Crippen LogP contribution in [-0.2, 0) is 13.0 Å². The van der Waals surface area contributed by atoms with E-state index >= 15 is 0 Å². The largest absolute Gasteiger partial charge is 0.346 e. The van der Waals surface area contributed by atoms with Gasteiger partial charge in [-0.25, -0.2) is 4.98 Å². The number of nitrogens with one attached hydrogen (secondary N) is 1. The monoisotopic (exact) mass is 384 g/mol. The second-order valence-corrected chi connectivity index (χ2v) is 8.74. The van der Waals surface area contributed by atoms with Gasteiger partial charge in [-0.15, -0.1) is 11.3 Å². The second-order valence-electron chi connectivity index (χ2n) is 7.66. The predicted octanol–water partition coefficient (Wildman–Crippen LogP) is 4.42. The molecule has 0 atom stereocenters. The molecule has 1 N–H and O–H groups in total. The molecule has 27 heavy (non-hydrogen) atoms. The van der Waals surface area contributed by atoms with Gasteiger partial charge in [0.25, 0.3) is 5.91 Å². The van der Waals surface area contributed by atoms with Crippen LogP contribution in [0.2, 0.25) is 0 Å². The van der Waals surface area contributed by atoms with Crippen LogP contribution in [-0.4, -0.2) is 41.0 Å². The van der Waals surface area contributed by atoms with Crippen molar-refractivity contribution in [1.82, 2.24) is 14.5 Å². The first-order valence-electron chi connectivity index (χ1n) is 9.34. The van der Waals surface area contributed by atoms with E-state index < -0.39 is 0 Å². The van der Waals surface area contributed by atoms with Gasteiger partial charge >= 0.3 is 0 Å². The number of thiazole rings is 1. The summed E-state index contributed by atoms with van der Waals surface area (Å²) in [4.78, 5) is 20.1. The van der Waals surface area contributed by atoms with Gasteiger partial charge in [-0.05, 0) is 51.2 Å². The standard InChI is InChI=1S/C21H28N4OS/c1-14(2)12-19-22-15(3)20(27-19)21(26)23-17-6-7-18-16(13-17)8-9-25(18)11-10-24(4)5/h6-9,13-14H,10-12H2,1-5H3,(H,23,26). The van der Waals surface area contributed by atoms with Crippen molar-refractivity contribution in [1.29, 1.82) is 0 Å². The summed E-state index contributed by atoms with van der Waals surface area (Å²) in [5.74, 6) is 0.455. The number of likely N-dealkylation sites (N-methyl/N-ethyl adjacent to an activating group) is 1. The smallest absolute Gasteiger partial charge is 0.267 e. The van der Waals surface area contributed by atoms with Gasteiger partial charge in [0, 0.05) is 42.3 Å². The predicted molar refractivity (Wildman–Crippen MR) is 114 cm³/mol. The Balaban J connectivity index is 1.74. The number of carbonyl (C=O) groups is 1. The van der Waals surface area contributed by atoms with Crippen molar-refractivity contribution in [3.63, 3.8) is 0 Å². The zero-order chi connectivity index (χ0) is 19.6. The van der Waals surface area contributed by atoms with Crippen LogP contribution in [0.4, 0.5) is 5.69 Å². The number of rotatable bonds is 7. The topological polar surface area (TPSA) is 50.2 Å². The van der Waals surface area contributed by atoms with E-state index in [1.807, 2.05) is 19.1 Å². The van der Waals surface area contributed by atoms with E-state index in [9.17, 15) is 4.79 Å². The number of amides is 1. The average molecular weight is 385 g/mol. The fraction of sp³-hybridized carbons (Fsp3) is 0.429. The first-order valence-corrected chi connectivity index (χ1v) is 10.2. The molecule has 0 fully saturated rings. The highest BCUT2D eigenvalue weighted by atomic mass is 32.1. The van der Waals surface area contributed by atoms with Crippen LogP contribution in [0.25, 0.3) is 10.9 Å². The Labute approximate surface area is 165 Å². The fourth-order valence-electron chi connectivity index (χ4n) is 3.07. The van der Waals surface area contributed by atoms with E-state index in [0.717, 1.165) is 41.3 Å². The highest BCUT2D eigenvalue weighted by molar-refractivity contribution is 7.13. The van der Waals surface area contributed by atoms with Crippen molar-refractivity contribution in [3.8, 4) is 0 Å². The summed E-state index contributed by atoms with van der Waals surface area (Å²) in [5, 5.41) is 5.19. The minimum absolute atomic E-state index is 0.0774. The van der Waals surface area contributed by atoms with E-state index in [0.29, 0.717) is 10.8 Å². The van der Waals surface area contributed by atoms with Crippen molar-refractivity contribution >= 4 is 33.8 Å². The van der Waals surface area contributed by atoms with E-state index in [-0.39, 0.29) is 5.91 Å². The molecule has 2 heterocycles. The van der Waals surface area contributed by atoms with Crippen LogP contribution < -0.4 is 5.32 Å². The Morgan fingerprint density at radius 2 is 2.07 bits per heavy atom. The number of benzene rings is 1. The van der Waals surface area contributed by atoms with Crippen LogP contribution in [0.5, 0.6) is 0 Å². The quantitative estimate of drug-likeness (QED) is 0.656. The third-order valence-electron chi connectivity index (χ3n) is 4.45. The van der Waals surface area contributed by atoms with Gasteiger partial charge in [-0.3, -0.25) is 4.79 Å². The molecule has 1 aromatic carbocycles. The third-order valence-corrected chi connectivity index (χ3v) is 5.63. The molecule has 1 amide bonds. The lowest BCUT2D eigenvalue weighted by molar-refractivity contribution is 0.103. The SMILES string of the molecule is Cc1nc(CC(C)C)sc1C(=O)Nc1ccc2c(ccn2CCN(C)C)c1. The van der Waals surface area contributed by atoms with Gasteiger partial charge in [-0.1, -0.05) is 13.8 Å². The van der Waals surface area contributed by atoms with Crippen LogP contribution in [0.3, 0.4) is 0 Å². The van der Waals surface area contributed by atoms with E-state index in [1.54, 1.807) is 0 Å². The minimum atomic E-state index is -0.0774. The molecular formula is C21H28N4OS. The van der Waals surface area contributed by atoms with Crippen molar-refractivity contribution < 1.29 is 4.79 Å². The summed E-state index contributed by atoms with van der Waals surface area (Å²) in [6.07, 6.45) is 3.01. The Kier molecular flexibility index (Phi) is 5.97. The molecule has 0 radical (unpaired) electrons. The summed E-state index contributed by atoms with van der Waals surface area (Å²) in [6.45, 7) is 8.17. The van der Waals surface area contributed by atoms with Gasteiger partial charge in [0.1, 0.15) is 4.88 Å². The van der Waals surface area contributed by atoms with Gasteiger partial charge < -0.3 is 14.8 Å². The van der Waals surface area contributed by atoms with E-state index in [2.05, 4.69) is 66.0 Å². The Hall–Kier alpha value is -2.18. The van der Waals surface area contributed by atoms with Crippen LogP contribution >= 0.6 is 11.3 Å². The van der Waals surface area contributed by atoms with Crippen molar-refractivity contribution in [2.45, 2.75) is 33.7 Å². The van der Waals surface area contributed by atoms with Gasteiger partial charge in [0.05, 0.1) is 10.7 Å². The summed E-state index contributed by atoms with van der Waals surface area (Å²) in [7, 11) is 4.15. The van der Waals surface area contributed by atoms with E-state index in [4.69, 9.17) is 0 Å². The fourth-order valence-corrected chi connectivity index (χ4v) is 4.24. The highest BCUT2D eigenvalue weighted by Gasteiger charge is 2.16. The molecule has 0 aliphatic heterocycles. The Bertz CT molecular complexity index is 939. The molecule has 0 unspecified atom stereocenters. The number of aromatic nitrogens is 2. The third kappa shape index (κ3) is 4.76. The van der Waals surface area contributed by atoms with Gasteiger partial charge in [0.2, 0.25) is 0 Å². The molecule has 6 heteroatoms. The first-order chi connectivity index (χ1) is 12.8. The van der Waals surface area contributed by atoms with Crippen LogP contribution in [0.1, 0.15) is 34.2 Å². The number of carbonyl (C=O) groups excluding carboxylic acids is 1. The van der Waals surface area contributed by atoms with Crippen LogP contribution in [0.15, 0.2) is 30.5 Å². The van der Waals surface area contributed by atoms with Gasteiger partial charge in [-0.2, -0.15) is 0 Å². The zero-order valence-electron chi connectivity index (χ0n) is 16.7. The molecule has 0 saturated carbocycles. The van der Waals surface area contributed by atoms with Crippen molar-refractivity contribution in [2.24, 2.45) is 5.92 Å². The number of anilines is 1. The lowest BCUT2D eigenvalue weighted by Gasteiger charge is -2.11. The zero-order valence-corrected chi connectivity index (χ0v) is 17.6. The number of fused-ring (bicyclic) bond motifs is 1. The maximum Gasteiger partial charge on any atom is 0.267 e. The minimum Gasteiger partial charge on any atom is -0.346 e. The molecule has 0 spiro atoms. The molecule has 2 aromatic heterocycles. The average Bonchev–Trinajstić information content (AvgIpc) is 3.15. The van der Waals surface area contributed by atoms with Crippen molar-refractivity contribution in [2.75, 3.05) is 26.0 Å². The number of hydrogen-bond donors (Lipinski definition) is 1. The molecule has 0 aliphatic carbocycles. The maximum absolute atomic E-state index is 12.7. The number of aryl methyl sites for hydroxylation is 1. The number of nitrogens with zero attached hydrogens (tertiary/aromatic N) is 3. The van der Waals surface area contributed by atoms with Crippen LogP contribution in [0, 0.1) is 12.8 Å². The molecule has 144 valence electrons. The van der Waals surface area contributed by atoms with Crippen molar-refractivity contribution in [3.05, 3.63) is 46.0 Å². The first kappa shape index (κ1) is 19.6. The molecule has 5 nitrogen and oxygen atoms in total. The molecule has 0 aliphatic rings. The lowest BCUT2D eigenvalue weighted by atomic mass is 10.1. The van der Waals surface area contributed by atoms with E-state index in [1.165, 1.54) is 16.9 Å². The van der Waals surface area contributed by atoms with Gasteiger partial charge in [0.15, 0.2) is 0 Å². The normalized spacial score (nSPS) is 11.7. The Morgan fingerprint density at radius 3 is 2.78 bits per heavy atom. The number of hydrogen-bond acceptors (Lipinski definition) is 4. The maximum atomic E-state index is 12.7. The Morgan fingerprint density at radius 1 is 1.30 bits per heavy atom. The molecule has 0 saturated heterocycles. The highest BCUT2D eigenvalue weighted by Crippen LogP contribution is 2.24. The molecular weight excluding hydrogens is 356 g/mol. The lowest BCUT2D eigenvalue weighted by Crippen LogP contribution is -2.17. The molecule has 3 aromatic rings. The molecule has 3 rings (SSSR count). The summed E-state index contributed by atoms with van der Waals surface area (Å²) in [6, 6.07) is 8.17.